The molecule has 114 valence electrons. The highest BCUT2D eigenvalue weighted by atomic mass is 32.2. The van der Waals surface area contributed by atoms with Crippen molar-refractivity contribution in [3.8, 4) is 0 Å². The van der Waals surface area contributed by atoms with Crippen LogP contribution in [0.25, 0.3) is 0 Å². The molecule has 1 fully saturated rings. The Morgan fingerprint density at radius 3 is 2.90 bits per heavy atom. The fourth-order valence-electron chi connectivity index (χ4n) is 2.13. The number of hydrogen-bond donors (Lipinski definition) is 2. The van der Waals surface area contributed by atoms with Gasteiger partial charge in [-0.15, -0.1) is 0 Å². The summed E-state index contributed by atoms with van der Waals surface area (Å²) in [7, 11) is -1.53. The molecule has 1 aliphatic rings. The van der Waals surface area contributed by atoms with Crippen molar-refractivity contribution in [3.63, 3.8) is 0 Å². The van der Waals surface area contributed by atoms with E-state index >= 15 is 0 Å². The van der Waals surface area contributed by atoms with Crippen LogP contribution in [0.15, 0.2) is 17.3 Å². The summed E-state index contributed by atoms with van der Waals surface area (Å²) in [6.07, 6.45) is 5.76. The van der Waals surface area contributed by atoms with Crippen LogP contribution >= 0.6 is 11.8 Å². The van der Waals surface area contributed by atoms with Crippen molar-refractivity contribution in [2.75, 3.05) is 25.1 Å². The van der Waals surface area contributed by atoms with Crippen LogP contribution in [0.4, 0.5) is 0 Å². The molecular formula is C12H22N4O2S2. The van der Waals surface area contributed by atoms with Gasteiger partial charge in [0.15, 0.2) is 0 Å². The molecule has 0 radical (unpaired) electrons. The highest BCUT2D eigenvalue weighted by molar-refractivity contribution is 7.99. The first-order valence-corrected chi connectivity index (χ1v) is 9.53. The maximum Gasteiger partial charge on any atom is 0.243 e. The zero-order chi connectivity index (χ0) is 14.4. The summed E-state index contributed by atoms with van der Waals surface area (Å²) in [4.78, 5) is 0.264. The zero-order valence-corrected chi connectivity index (χ0v) is 13.3. The quantitative estimate of drug-likeness (QED) is 0.723. The molecule has 8 heteroatoms. The van der Waals surface area contributed by atoms with Crippen molar-refractivity contribution in [2.45, 2.75) is 36.7 Å². The van der Waals surface area contributed by atoms with Crippen LogP contribution in [0.5, 0.6) is 0 Å². The fraction of sp³-hybridized carbons (Fsp3) is 0.750. The molecule has 0 bridgehead atoms. The van der Waals surface area contributed by atoms with Crippen molar-refractivity contribution < 1.29 is 8.42 Å². The van der Waals surface area contributed by atoms with E-state index in [2.05, 4.69) is 15.1 Å². The first kappa shape index (κ1) is 15.8. The van der Waals surface area contributed by atoms with Crippen molar-refractivity contribution in [1.82, 2.24) is 19.8 Å². The summed E-state index contributed by atoms with van der Waals surface area (Å²) in [5.41, 5.74) is 0. The lowest BCUT2D eigenvalue weighted by Crippen LogP contribution is -2.37. The second-order valence-electron chi connectivity index (χ2n) is 4.90. The molecule has 2 N–H and O–H groups in total. The summed E-state index contributed by atoms with van der Waals surface area (Å²) in [6, 6.07) is 0.0638. The monoisotopic (exact) mass is 318 g/mol. The van der Waals surface area contributed by atoms with Crippen LogP contribution in [0, 0.1) is 0 Å². The van der Waals surface area contributed by atoms with E-state index in [-0.39, 0.29) is 10.9 Å². The van der Waals surface area contributed by atoms with E-state index < -0.39 is 10.0 Å². The van der Waals surface area contributed by atoms with E-state index in [0.29, 0.717) is 0 Å². The summed E-state index contributed by atoms with van der Waals surface area (Å²) >= 11 is 1.88. The molecule has 2 heterocycles. The first-order valence-electron chi connectivity index (χ1n) is 6.89. The van der Waals surface area contributed by atoms with Gasteiger partial charge < -0.3 is 5.32 Å². The molecule has 0 unspecified atom stereocenters. The molecule has 6 nitrogen and oxygen atoms in total. The van der Waals surface area contributed by atoms with Gasteiger partial charge in [0.25, 0.3) is 0 Å². The predicted octanol–water partition coefficient (Wildman–Crippen LogP) is 0.667. The van der Waals surface area contributed by atoms with E-state index in [1.807, 2.05) is 18.8 Å². The normalized spacial score (nSPS) is 17.4. The number of aromatic nitrogens is 2. The van der Waals surface area contributed by atoms with Gasteiger partial charge in [-0.1, -0.05) is 0 Å². The van der Waals surface area contributed by atoms with Gasteiger partial charge in [-0.05, 0) is 44.4 Å². The summed E-state index contributed by atoms with van der Waals surface area (Å²) in [5, 5.41) is 7.17. The third-order valence-electron chi connectivity index (χ3n) is 3.28. The lowest BCUT2D eigenvalue weighted by Gasteiger charge is -2.21. The Labute approximate surface area is 124 Å². The molecule has 0 amide bonds. The molecule has 0 spiro atoms. The number of nitrogens with zero attached hydrogens (tertiary/aromatic N) is 2. The van der Waals surface area contributed by atoms with Crippen LogP contribution in [0.1, 0.15) is 19.3 Å². The third kappa shape index (κ3) is 4.47. The van der Waals surface area contributed by atoms with Gasteiger partial charge in [-0.3, -0.25) is 4.68 Å². The molecule has 1 aromatic heterocycles. The van der Waals surface area contributed by atoms with Crippen LogP contribution < -0.4 is 10.0 Å². The molecule has 0 aromatic carbocycles. The number of thioether (sulfide) groups is 1. The Bertz CT molecular complexity index is 509. The van der Waals surface area contributed by atoms with Gasteiger partial charge in [0.2, 0.25) is 10.0 Å². The van der Waals surface area contributed by atoms with E-state index in [9.17, 15) is 8.42 Å². The second kappa shape index (κ2) is 7.44. The number of rotatable bonds is 7. The molecule has 0 saturated carbocycles. The molecule has 0 atom stereocenters. The van der Waals surface area contributed by atoms with Crippen molar-refractivity contribution in [3.05, 3.63) is 12.4 Å². The van der Waals surface area contributed by atoms with Gasteiger partial charge in [-0.25, -0.2) is 13.1 Å². The highest BCUT2D eigenvalue weighted by Crippen LogP contribution is 2.19. The van der Waals surface area contributed by atoms with E-state index in [1.165, 1.54) is 6.20 Å². The average molecular weight is 318 g/mol. The van der Waals surface area contributed by atoms with Crippen molar-refractivity contribution >= 4 is 21.8 Å². The van der Waals surface area contributed by atoms with Gasteiger partial charge in [0.1, 0.15) is 4.90 Å². The minimum atomic E-state index is -3.43. The second-order valence-corrected chi connectivity index (χ2v) is 7.84. The van der Waals surface area contributed by atoms with Crippen molar-refractivity contribution in [2.24, 2.45) is 0 Å². The molecule has 1 aliphatic heterocycles. The average Bonchev–Trinajstić information content (AvgIpc) is 2.89. The van der Waals surface area contributed by atoms with E-state index in [1.54, 1.807) is 10.9 Å². The van der Waals surface area contributed by atoms with Crippen molar-refractivity contribution in [1.29, 1.82) is 0 Å². The molecule has 20 heavy (non-hydrogen) atoms. The molecular weight excluding hydrogens is 296 g/mol. The van der Waals surface area contributed by atoms with Crippen LogP contribution in [0.3, 0.4) is 0 Å². The maximum absolute atomic E-state index is 12.3. The van der Waals surface area contributed by atoms with Gasteiger partial charge in [-0.2, -0.15) is 16.9 Å². The Kier molecular flexibility index (Phi) is 5.88. The largest absolute Gasteiger partial charge is 0.320 e. The highest BCUT2D eigenvalue weighted by Gasteiger charge is 2.23. The number of aryl methyl sites for hydroxylation is 1. The summed E-state index contributed by atoms with van der Waals surface area (Å²) < 4.78 is 29.0. The number of nitrogens with one attached hydrogen (secondary N) is 2. The first-order chi connectivity index (χ1) is 9.62. The van der Waals surface area contributed by atoms with Crippen LogP contribution in [0.2, 0.25) is 0 Å². The van der Waals surface area contributed by atoms with Gasteiger partial charge in [0, 0.05) is 18.8 Å². The topological polar surface area (TPSA) is 76.0 Å². The Morgan fingerprint density at radius 2 is 2.20 bits per heavy atom. The molecule has 1 aromatic rings. The standard InChI is InChI=1S/C12H22N4O2S2/c1-13-5-2-6-16-10-12(9-14-16)20(17,18)15-11-3-7-19-8-4-11/h9-11,13,15H,2-8H2,1H3. The molecule has 0 aliphatic carbocycles. The smallest absolute Gasteiger partial charge is 0.243 e. The van der Waals surface area contributed by atoms with Crippen LogP contribution in [-0.2, 0) is 16.6 Å². The minimum absolute atomic E-state index is 0.0638. The Hall–Kier alpha value is -0.570. The third-order valence-corrected chi connectivity index (χ3v) is 5.80. The number of hydrogen-bond acceptors (Lipinski definition) is 5. The summed E-state index contributed by atoms with van der Waals surface area (Å²) in [5.74, 6) is 2.05. The minimum Gasteiger partial charge on any atom is -0.320 e. The lowest BCUT2D eigenvalue weighted by molar-refractivity contribution is 0.528. The van der Waals surface area contributed by atoms with Gasteiger partial charge in [0.05, 0.1) is 6.20 Å². The van der Waals surface area contributed by atoms with Gasteiger partial charge >= 0.3 is 0 Å². The lowest BCUT2D eigenvalue weighted by atomic mass is 10.2. The maximum atomic E-state index is 12.3. The summed E-state index contributed by atoms with van der Waals surface area (Å²) in [6.45, 7) is 1.61. The molecule has 1 saturated heterocycles. The van der Waals surface area contributed by atoms with E-state index in [4.69, 9.17) is 0 Å². The molecule has 2 rings (SSSR count). The Morgan fingerprint density at radius 1 is 1.45 bits per heavy atom. The van der Waals surface area contributed by atoms with Crippen LogP contribution in [-0.4, -0.2) is 49.3 Å². The predicted molar refractivity (Wildman–Crippen MR) is 81.4 cm³/mol. The number of sulfonamides is 1. The fourth-order valence-corrected chi connectivity index (χ4v) is 4.49. The van der Waals surface area contributed by atoms with E-state index in [0.717, 1.165) is 43.9 Å². The SMILES string of the molecule is CNCCCn1cc(S(=O)(=O)NC2CCSCC2)cn1. The zero-order valence-electron chi connectivity index (χ0n) is 11.7. The Balaban J connectivity index is 1.94.